The van der Waals surface area contributed by atoms with Gasteiger partial charge in [-0.2, -0.15) is 4.98 Å². The van der Waals surface area contributed by atoms with E-state index in [0.717, 1.165) is 12.2 Å². The zero-order valence-corrected chi connectivity index (χ0v) is 11.9. The number of benzene rings is 1. The lowest BCUT2D eigenvalue weighted by atomic mass is 9.87. The van der Waals surface area contributed by atoms with E-state index in [1.165, 1.54) is 5.56 Å². The second kappa shape index (κ2) is 5.43. The molecule has 0 atom stereocenters. The maximum absolute atomic E-state index is 5.63. The Hall–Kier alpha value is -1.84. The molecule has 1 heterocycles. The molecular formula is C15H20N2O2. The van der Waals surface area contributed by atoms with Gasteiger partial charge in [0.15, 0.2) is 6.61 Å². The summed E-state index contributed by atoms with van der Waals surface area (Å²) in [7, 11) is 0. The third kappa shape index (κ3) is 3.56. The molecule has 0 unspecified atom stereocenters. The van der Waals surface area contributed by atoms with Crippen molar-refractivity contribution in [2.45, 2.75) is 46.1 Å². The van der Waals surface area contributed by atoms with Crippen LogP contribution in [0.4, 0.5) is 0 Å². The fourth-order valence-corrected chi connectivity index (χ4v) is 1.69. The molecule has 102 valence electrons. The van der Waals surface area contributed by atoms with Crippen LogP contribution in [0.15, 0.2) is 28.8 Å². The summed E-state index contributed by atoms with van der Waals surface area (Å²) < 4.78 is 10.7. The number of rotatable bonds is 4. The second-order valence-electron chi connectivity index (χ2n) is 5.52. The van der Waals surface area contributed by atoms with Crippen molar-refractivity contribution in [3.63, 3.8) is 0 Å². The number of nitrogens with zero attached hydrogens (tertiary/aromatic N) is 2. The van der Waals surface area contributed by atoms with Crippen LogP contribution < -0.4 is 4.74 Å². The highest BCUT2D eigenvalue weighted by molar-refractivity contribution is 5.31. The Morgan fingerprint density at radius 3 is 2.37 bits per heavy atom. The molecule has 0 bridgehead atoms. The highest BCUT2D eigenvalue weighted by atomic mass is 16.5. The average molecular weight is 260 g/mol. The first-order valence-electron chi connectivity index (χ1n) is 6.54. The molecule has 0 aliphatic carbocycles. The second-order valence-corrected chi connectivity index (χ2v) is 5.52. The third-order valence-corrected chi connectivity index (χ3v) is 2.90. The zero-order chi connectivity index (χ0) is 13.9. The van der Waals surface area contributed by atoms with Gasteiger partial charge in [0.2, 0.25) is 11.7 Å². The lowest BCUT2D eigenvalue weighted by Gasteiger charge is -2.19. The summed E-state index contributed by atoms with van der Waals surface area (Å²) in [6, 6.07) is 8.12. The predicted molar refractivity (Wildman–Crippen MR) is 73.2 cm³/mol. The molecule has 4 nitrogen and oxygen atoms in total. The minimum atomic E-state index is 0.155. The van der Waals surface area contributed by atoms with Gasteiger partial charge in [0.05, 0.1) is 0 Å². The Morgan fingerprint density at radius 2 is 1.84 bits per heavy atom. The summed E-state index contributed by atoms with van der Waals surface area (Å²) in [5.41, 5.74) is 1.44. The van der Waals surface area contributed by atoms with Crippen molar-refractivity contribution in [1.29, 1.82) is 0 Å². The number of aromatic nitrogens is 2. The van der Waals surface area contributed by atoms with Gasteiger partial charge in [-0.25, -0.2) is 0 Å². The van der Waals surface area contributed by atoms with E-state index in [0.29, 0.717) is 18.3 Å². The van der Waals surface area contributed by atoms with E-state index in [9.17, 15) is 0 Å². The quantitative estimate of drug-likeness (QED) is 0.844. The fourth-order valence-electron chi connectivity index (χ4n) is 1.69. The van der Waals surface area contributed by atoms with E-state index in [4.69, 9.17) is 9.26 Å². The Kier molecular flexibility index (Phi) is 3.88. The van der Waals surface area contributed by atoms with Gasteiger partial charge in [0.25, 0.3) is 0 Å². The van der Waals surface area contributed by atoms with Crippen LogP contribution in [0.5, 0.6) is 5.75 Å². The average Bonchev–Trinajstić information content (AvgIpc) is 2.84. The topological polar surface area (TPSA) is 48.2 Å². The maximum atomic E-state index is 5.63. The normalized spacial score (nSPS) is 11.6. The van der Waals surface area contributed by atoms with Gasteiger partial charge in [-0.15, -0.1) is 0 Å². The van der Waals surface area contributed by atoms with Gasteiger partial charge >= 0.3 is 0 Å². The zero-order valence-electron chi connectivity index (χ0n) is 11.9. The minimum absolute atomic E-state index is 0.155. The molecule has 0 saturated carbocycles. The van der Waals surface area contributed by atoms with Crippen molar-refractivity contribution in [2.75, 3.05) is 0 Å². The van der Waals surface area contributed by atoms with Crippen molar-refractivity contribution in [3.8, 4) is 5.75 Å². The number of hydrogen-bond acceptors (Lipinski definition) is 4. The Morgan fingerprint density at radius 1 is 1.16 bits per heavy atom. The van der Waals surface area contributed by atoms with Gasteiger partial charge in [0.1, 0.15) is 5.75 Å². The van der Waals surface area contributed by atoms with Gasteiger partial charge in [-0.05, 0) is 23.1 Å². The van der Waals surface area contributed by atoms with Crippen LogP contribution in [0.3, 0.4) is 0 Å². The highest BCUT2D eigenvalue weighted by Gasteiger charge is 2.13. The molecule has 19 heavy (non-hydrogen) atoms. The van der Waals surface area contributed by atoms with Crippen molar-refractivity contribution < 1.29 is 9.26 Å². The molecule has 0 radical (unpaired) electrons. The largest absolute Gasteiger partial charge is 0.485 e. The van der Waals surface area contributed by atoms with Crippen LogP contribution >= 0.6 is 0 Å². The van der Waals surface area contributed by atoms with Crippen LogP contribution in [0.2, 0.25) is 0 Å². The van der Waals surface area contributed by atoms with Crippen LogP contribution in [0, 0.1) is 0 Å². The number of ether oxygens (including phenoxy) is 1. The number of hydrogen-bond donors (Lipinski definition) is 0. The van der Waals surface area contributed by atoms with Crippen LogP contribution in [-0.4, -0.2) is 10.1 Å². The van der Waals surface area contributed by atoms with E-state index >= 15 is 0 Å². The first-order valence-corrected chi connectivity index (χ1v) is 6.54. The molecule has 2 rings (SSSR count). The SMILES string of the molecule is CCc1nc(COc2ccc(C(C)(C)C)cc2)no1. The molecule has 0 saturated heterocycles. The predicted octanol–water partition coefficient (Wildman–Crippen LogP) is 3.51. The van der Waals surface area contributed by atoms with Crippen molar-refractivity contribution in [3.05, 3.63) is 41.5 Å². The van der Waals surface area contributed by atoms with E-state index in [-0.39, 0.29) is 5.41 Å². The van der Waals surface area contributed by atoms with Crippen LogP contribution in [-0.2, 0) is 18.4 Å². The standard InChI is InChI=1S/C15H20N2O2/c1-5-14-16-13(17-19-14)10-18-12-8-6-11(7-9-12)15(2,3)4/h6-9H,5,10H2,1-4H3. The molecule has 2 aromatic rings. The molecule has 0 amide bonds. The first kappa shape index (κ1) is 13.6. The summed E-state index contributed by atoms with van der Waals surface area (Å²) >= 11 is 0. The summed E-state index contributed by atoms with van der Waals surface area (Å²) in [5, 5.41) is 3.85. The Balaban J connectivity index is 1.96. The lowest BCUT2D eigenvalue weighted by Crippen LogP contribution is -2.10. The van der Waals surface area contributed by atoms with Crippen molar-refractivity contribution in [2.24, 2.45) is 0 Å². The van der Waals surface area contributed by atoms with Gasteiger partial charge in [-0.3, -0.25) is 0 Å². The summed E-state index contributed by atoms with van der Waals surface area (Å²) in [6.07, 6.45) is 0.743. The molecule has 1 aromatic heterocycles. The van der Waals surface area contributed by atoms with E-state index in [1.54, 1.807) is 0 Å². The maximum Gasteiger partial charge on any atom is 0.226 e. The lowest BCUT2D eigenvalue weighted by molar-refractivity contribution is 0.285. The minimum Gasteiger partial charge on any atom is -0.485 e. The molecule has 4 heteroatoms. The summed E-state index contributed by atoms with van der Waals surface area (Å²) in [5.74, 6) is 2.04. The molecular weight excluding hydrogens is 240 g/mol. The van der Waals surface area contributed by atoms with E-state index < -0.39 is 0 Å². The van der Waals surface area contributed by atoms with Gasteiger partial charge in [0, 0.05) is 6.42 Å². The van der Waals surface area contributed by atoms with Crippen molar-refractivity contribution >= 4 is 0 Å². The molecule has 0 aliphatic heterocycles. The summed E-state index contributed by atoms with van der Waals surface area (Å²) in [4.78, 5) is 4.20. The Labute approximate surface area is 113 Å². The highest BCUT2D eigenvalue weighted by Crippen LogP contribution is 2.24. The van der Waals surface area contributed by atoms with Crippen LogP contribution in [0.1, 0.15) is 45.0 Å². The van der Waals surface area contributed by atoms with Gasteiger partial charge < -0.3 is 9.26 Å². The monoisotopic (exact) mass is 260 g/mol. The smallest absolute Gasteiger partial charge is 0.226 e. The Bertz CT molecular complexity index is 524. The first-order chi connectivity index (χ1) is 8.99. The van der Waals surface area contributed by atoms with Crippen molar-refractivity contribution in [1.82, 2.24) is 10.1 Å². The number of aryl methyl sites for hydroxylation is 1. The third-order valence-electron chi connectivity index (χ3n) is 2.90. The molecule has 0 aliphatic rings. The van der Waals surface area contributed by atoms with Crippen LogP contribution in [0.25, 0.3) is 0 Å². The molecule has 0 spiro atoms. The van der Waals surface area contributed by atoms with Gasteiger partial charge in [-0.1, -0.05) is 45.0 Å². The molecule has 0 N–H and O–H groups in total. The summed E-state index contributed by atoms with van der Waals surface area (Å²) in [6.45, 7) is 8.87. The molecule has 1 aromatic carbocycles. The van der Waals surface area contributed by atoms with E-state index in [2.05, 4.69) is 43.0 Å². The fraction of sp³-hybridized carbons (Fsp3) is 0.467. The molecule has 0 fully saturated rings. The van der Waals surface area contributed by atoms with E-state index in [1.807, 2.05) is 19.1 Å².